The number of hydrogen-bond donors (Lipinski definition) is 1. The monoisotopic (exact) mass is 430 g/mol. The Morgan fingerprint density at radius 3 is 2.75 bits per heavy atom. The molecule has 3 aliphatic rings. The second-order valence-corrected chi connectivity index (χ2v) is 9.86. The van der Waals surface area contributed by atoms with Gasteiger partial charge in [-0.15, -0.1) is 0 Å². The Kier molecular flexibility index (Phi) is 5.34. The third-order valence-electron chi connectivity index (χ3n) is 7.61. The van der Waals surface area contributed by atoms with E-state index < -0.39 is 0 Å². The molecule has 4 nitrogen and oxygen atoms in total. The lowest BCUT2D eigenvalue weighted by molar-refractivity contribution is 0.166. The maximum Gasteiger partial charge on any atom is 0.132 e. The summed E-state index contributed by atoms with van der Waals surface area (Å²) in [6.45, 7) is 5.80. The molecule has 3 heterocycles. The number of aryl methyl sites for hydroxylation is 1. The Labute approximate surface area is 190 Å². The Morgan fingerprint density at radius 2 is 1.91 bits per heavy atom. The molecule has 2 aliphatic heterocycles. The molecule has 1 N–H and O–H groups in total. The standard InChI is InChI=1S/C28H34N2O2/c1-19-9-11-23-25(16-19)30-14-15-31-26-17-21(32-22-8-5-13-29-18-22)10-12-24(26)28(30)27(23)20-6-3-2-4-7-20/h9-12,16-17,20,22,29H,2-8,13-15,18H2,1H3. The van der Waals surface area contributed by atoms with E-state index in [1.807, 2.05) is 0 Å². The molecule has 6 rings (SSSR count). The summed E-state index contributed by atoms with van der Waals surface area (Å²) < 4.78 is 15.2. The van der Waals surface area contributed by atoms with Crippen LogP contribution in [0.2, 0.25) is 0 Å². The first-order valence-electron chi connectivity index (χ1n) is 12.6. The number of benzene rings is 2. The normalized spacial score (nSPS) is 21.5. The van der Waals surface area contributed by atoms with Gasteiger partial charge in [0, 0.05) is 29.1 Å². The second kappa shape index (κ2) is 8.47. The molecule has 0 bridgehead atoms. The number of fused-ring (bicyclic) bond motifs is 5. The van der Waals surface area contributed by atoms with Gasteiger partial charge < -0.3 is 19.4 Å². The van der Waals surface area contributed by atoms with Crippen molar-refractivity contribution in [2.45, 2.75) is 70.4 Å². The van der Waals surface area contributed by atoms with Gasteiger partial charge in [-0.1, -0.05) is 31.4 Å². The summed E-state index contributed by atoms with van der Waals surface area (Å²) in [5.41, 5.74) is 6.85. The average molecular weight is 431 g/mol. The first-order chi connectivity index (χ1) is 15.8. The summed E-state index contributed by atoms with van der Waals surface area (Å²) in [5, 5.41) is 4.89. The van der Waals surface area contributed by atoms with E-state index in [-0.39, 0.29) is 6.10 Å². The lowest BCUT2D eigenvalue weighted by atomic mass is 9.81. The molecule has 32 heavy (non-hydrogen) atoms. The Balaban J connectivity index is 1.47. The van der Waals surface area contributed by atoms with Crippen LogP contribution in [0.5, 0.6) is 11.5 Å². The molecule has 0 amide bonds. The van der Waals surface area contributed by atoms with Crippen molar-refractivity contribution in [3.63, 3.8) is 0 Å². The topological polar surface area (TPSA) is 35.4 Å². The van der Waals surface area contributed by atoms with Crippen LogP contribution in [0.25, 0.3) is 22.2 Å². The lowest BCUT2D eigenvalue weighted by Gasteiger charge is -2.25. The number of rotatable bonds is 3. The first-order valence-corrected chi connectivity index (χ1v) is 12.6. The Bertz CT molecular complexity index is 1120. The van der Waals surface area contributed by atoms with Gasteiger partial charge in [0.2, 0.25) is 0 Å². The molecule has 4 heteroatoms. The number of nitrogens with zero attached hydrogens (tertiary/aromatic N) is 1. The van der Waals surface area contributed by atoms with Crippen LogP contribution >= 0.6 is 0 Å². The van der Waals surface area contributed by atoms with Gasteiger partial charge >= 0.3 is 0 Å². The molecule has 1 aliphatic carbocycles. The van der Waals surface area contributed by atoms with Crippen LogP contribution < -0.4 is 14.8 Å². The average Bonchev–Trinajstić information content (AvgIpc) is 3.01. The van der Waals surface area contributed by atoms with E-state index in [9.17, 15) is 0 Å². The molecule has 0 spiro atoms. The van der Waals surface area contributed by atoms with E-state index >= 15 is 0 Å². The van der Waals surface area contributed by atoms with Crippen molar-refractivity contribution in [2.75, 3.05) is 19.7 Å². The molecule has 2 aromatic carbocycles. The van der Waals surface area contributed by atoms with Gasteiger partial charge in [-0.3, -0.25) is 0 Å². The number of nitrogens with one attached hydrogen (secondary N) is 1. The van der Waals surface area contributed by atoms with Crippen LogP contribution in [0, 0.1) is 6.92 Å². The lowest BCUT2D eigenvalue weighted by Crippen LogP contribution is -2.37. The predicted molar refractivity (Wildman–Crippen MR) is 130 cm³/mol. The molecule has 168 valence electrons. The van der Waals surface area contributed by atoms with Crippen molar-refractivity contribution in [1.82, 2.24) is 9.88 Å². The maximum atomic E-state index is 6.32. The van der Waals surface area contributed by atoms with E-state index in [1.165, 1.54) is 66.2 Å². The van der Waals surface area contributed by atoms with E-state index in [0.29, 0.717) is 12.5 Å². The number of piperidine rings is 1. The van der Waals surface area contributed by atoms with Crippen molar-refractivity contribution in [2.24, 2.45) is 0 Å². The highest BCUT2D eigenvalue weighted by Gasteiger charge is 2.29. The van der Waals surface area contributed by atoms with E-state index in [0.717, 1.165) is 37.6 Å². The fourth-order valence-electron chi connectivity index (χ4n) is 6.06. The van der Waals surface area contributed by atoms with Gasteiger partial charge in [0.05, 0.1) is 12.2 Å². The fourth-order valence-corrected chi connectivity index (χ4v) is 6.06. The highest BCUT2D eigenvalue weighted by atomic mass is 16.5. The zero-order chi connectivity index (χ0) is 21.5. The van der Waals surface area contributed by atoms with Crippen molar-refractivity contribution >= 4 is 10.9 Å². The van der Waals surface area contributed by atoms with E-state index in [1.54, 1.807) is 5.56 Å². The molecule has 1 atom stereocenters. The maximum absolute atomic E-state index is 6.32. The highest BCUT2D eigenvalue weighted by molar-refractivity contribution is 5.94. The zero-order valence-corrected chi connectivity index (χ0v) is 19.2. The highest BCUT2D eigenvalue weighted by Crippen LogP contribution is 2.47. The van der Waals surface area contributed by atoms with E-state index in [2.05, 4.69) is 53.2 Å². The van der Waals surface area contributed by atoms with Crippen LogP contribution in [0.1, 0.15) is 62.0 Å². The summed E-state index contributed by atoms with van der Waals surface area (Å²) in [5.74, 6) is 2.54. The quantitative estimate of drug-likeness (QED) is 0.538. The predicted octanol–water partition coefficient (Wildman–Crippen LogP) is 6.19. The van der Waals surface area contributed by atoms with Gasteiger partial charge in [0.15, 0.2) is 0 Å². The third kappa shape index (κ3) is 3.59. The third-order valence-corrected chi connectivity index (χ3v) is 7.61. The minimum absolute atomic E-state index is 0.250. The molecule has 1 aromatic heterocycles. The molecule has 1 unspecified atom stereocenters. The molecule has 1 saturated carbocycles. The van der Waals surface area contributed by atoms with Gasteiger partial charge in [-0.2, -0.15) is 0 Å². The SMILES string of the molecule is Cc1ccc2c(C3CCCCC3)c3n(c2c1)CCOc1cc(OC2CCCNC2)ccc1-3. The van der Waals surface area contributed by atoms with Gasteiger partial charge in [-0.25, -0.2) is 0 Å². The van der Waals surface area contributed by atoms with Crippen LogP contribution in [0.15, 0.2) is 36.4 Å². The van der Waals surface area contributed by atoms with E-state index in [4.69, 9.17) is 9.47 Å². The van der Waals surface area contributed by atoms with Gasteiger partial charge in [-0.05, 0) is 74.4 Å². The minimum atomic E-state index is 0.250. The van der Waals surface area contributed by atoms with Crippen molar-refractivity contribution in [3.8, 4) is 22.8 Å². The van der Waals surface area contributed by atoms with Crippen molar-refractivity contribution in [3.05, 3.63) is 47.5 Å². The molecule has 3 aromatic rings. The first kappa shape index (κ1) is 20.2. The summed E-state index contributed by atoms with van der Waals surface area (Å²) in [4.78, 5) is 0. The summed E-state index contributed by atoms with van der Waals surface area (Å²) >= 11 is 0. The Morgan fingerprint density at radius 1 is 1.00 bits per heavy atom. The molecular weight excluding hydrogens is 396 g/mol. The second-order valence-electron chi connectivity index (χ2n) is 9.86. The molecule has 1 saturated heterocycles. The van der Waals surface area contributed by atoms with Crippen LogP contribution in [0.4, 0.5) is 0 Å². The molecular formula is C28H34N2O2. The van der Waals surface area contributed by atoms with Crippen LogP contribution in [-0.2, 0) is 6.54 Å². The number of ether oxygens (including phenoxy) is 2. The molecule has 0 radical (unpaired) electrons. The summed E-state index contributed by atoms with van der Waals surface area (Å²) in [6.07, 6.45) is 9.20. The molecule has 2 fully saturated rings. The van der Waals surface area contributed by atoms with Crippen LogP contribution in [0.3, 0.4) is 0 Å². The van der Waals surface area contributed by atoms with Crippen molar-refractivity contribution in [1.29, 1.82) is 0 Å². The van der Waals surface area contributed by atoms with Crippen molar-refractivity contribution < 1.29 is 9.47 Å². The minimum Gasteiger partial charge on any atom is -0.491 e. The smallest absolute Gasteiger partial charge is 0.132 e. The van der Waals surface area contributed by atoms with Crippen LogP contribution in [-0.4, -0.2) is 30.4 Å². The fraction of sp³-hybridized carbons (Fsp3) is 0.500. The van der Waals surface area contributed by atoms with Gasteiger partial charge in [0.25, 0.3) is 0 Å². The van der Waals surface area contributed by atoms with Gasteiger partial charge in [0.1, 0.15) is 24.2 Å². The number of aromatic nitrogens is 1. The summed E-state index contributed by atoms with van der Waals surface area (Å²) in [6, 6.07) is 13.5. The largest absolute Gasteiger partial charge is 0.491 e. The Hall–Kier alpha value is -2.46. The number of hydrogen-bond acceptors (Lipinski definition) is 3. The zero-order valence-electron chi connectivity index (χ0n) is 19.2. The summed E-state index contributed by atoms with van der Waals surface area (Å²) in [7, 11) is 0.